The third-order valence-electron chi connectivity index (χ3n) is 5.38. The summed E-state index contributed by atoms with van der Waals surface area (Å²) in [5.41, 5.74) is 1.05. The number of esters is 1. The molecule has 0 spiro atoms. The van der Waals surface area contributed by atoms with Crippen molar-refractivity contribution in [2.45, 2.75) is 88.9 Å². The van der Waals surface area contributed by atoms with Crippen LogP contribution in [0.25, 0.3) is 11.2 Å². The Kier molecular flexibility index (Phi) is 7.08. The van der Waals surface area contributed by atoms with Crippen molar-refractivity contribution in [3.8, 4) is 5.88 Å². The van der Waals surface area contributed by atoms with E-state index in [1.165, 1.54) is 0 Å². The van der Waals surface area contributed by atoms with E-state index in [1.54, 1.807) is 37.4 Å². The van der Waals surface area contributed by atoms with E-state index in [1.807, 2.05) is 13.8 Å². The molecule has 0 N–H and O–H groups in total. The lowest BCUT2D eigenvalue weighted by Gasteiger charge is -2.23. The predicted molar refractivity (Wildman–Crippen MR) is 119 cm³/mol. The van der Waals surface area contributed by atoms with E-state index < -0.39 is 11.8 Å². The van der Waals surface area contributed by atoms with Crippen molar-refractivity contribution in [1.82, 2.24) is 25.0 Å². The van der Waals surface area contributed by atoms with Crippen LogP contribution < -0.4 is 4.74 Å². The van der Waals surface area contributed by atoms with Crippen molar-refractivity contribution in [3.05, 3.63) is 0 Å². The van der Waals surface area contributed by atoms with Gasteiger partial charge in [0.1, 0.15) is 18.8 Å². The topological polar surface area (TPSA) is 120 Å². The van der Waals surface area contributed by atoms with Gasteiger partial charge >= 0.3 is 5.97 Å². The van der Waals surface area contributed by atoms with Crippen molar-refractivity contribution < 1.29 is 28.5 Å². The van der Waals surface area contributed by atoms with Crippen LogP contribution in [0.15, 0.2) is 5.16 Å². The van der Waals surface area contributed by atoms with Gasteiger partial charge in [0.15, 0.2) is 22.1 Å². The van der Waals surface area contributed by atoms with Crippen molar-refractivity contribution in [2.75, 3.05) is 19.5 Å². The molecule has 2 fully saturated rings. The number of ether oxygens (including phenoxy) is 5. The van der Waals surface area contributed by atoms with Crippen LogP contribution in [0.4, 0.5) is 0 Å². The summed E-state index contributed by atoms with van der Waals surface area (Å²) in [5.74, 6) is 0.0638. The normalized spacial score (nSPS) is 26.2. The van der Waals surface area contributed by atoms with Gasteiger partial charge in [-0.25, -0.2) is 14.5 Å². The van der Waals surface area contributed by atoms with Crippen LogP contribution in [0, 0.1) is 0 Å². The SMILES string of the molecule is CCCSc1nc(OC)c2nnn([C@@H]3C[C@H](OCC(=O)OC(C)C)[C@H]4OC(C)(C)O[C@H]43)c2n1. The van der Waals surface area contributed by atoms with Crippen LogP contribution in [-0.4, -0.2) is 80.6 Å². The maximum atomic E-state index is 12.0. The van der Waals surface area contributed by atoms with E-state index >= 15 is 0 Å². The fraction of sp³-hybridized carbons (Fsp3) is 0.762. The third kappa shape index (κ3) is 5.08. The molecule has 4 rings (SSSR count). The zero-order chi connectivity index (χ0) is 23.8. The first-order chi connectivity index (χ1) is 15.7. The van der Waals surface area contributed by atoms with Crippen molar-refractivity contribution in [1.29, 1.82) is 0 Å². The van der Waals surface area contributed by atoms with Crippen LogP contribution in [0.5, 0.6) is 5.88 Å². The largest absolute Gasteiger partial charge is 0.479 e. The van der Waals surface area contributed by atoms with Crippen LogP contribution in [0.1, 0.15) is 53.5 Å². The van der Waals surface area contributed by atoms with Crippen LogP contribution in [-0.2, 0) is 23.7 Å². The molecule has 0 bridgehead atoms. The number of carbonyl (C=O) groups is 1. The highest BCUT2D eigenvalue weighted by Gasteiger charge is 2.56. The number of rotatable bonds is 9. The van der Waals surface area contributed by atoms with Gasteiger partial charge in [-0.1, -0.05) is 23.9 Å². The Morgan fingerprint density at radius 1 is 1.27 bits per heavy atom. The van der Waals surface area contributed by atoms with Gasteiger partial charge < -0.3 is 23.7 Å². The Labute approximate surface area is 196 Å². The monoisotopic (exact) mass is 481 g/mol. The quantitative estimate of drug-likeness (QED) is 0.298. The molecule has 33 heavy (non-hydrogen) atoms. The summed E-state index contributed by atoms with van der Waals surface area (Å²) >= 11 is 1.55. The first kappa shape index (κ1) is 24.1. The minimum Gasteiger partial charge on any atom is -0.479 e. The van der Waals surface area contributed by atoms with Crippen LogP contribution in [0.2, 0.25) is 0 Å². The zero-order valence-corrected chi connectivity index (χ0v) is 20.6. The fourth-order valence-corrected chi connectivity index (χ4v) is 4.88. The van der Waals surface area contributed by atoms with Crippen LogP contribution >= 0.6 is 11.8 Å². The number of hydrogen-bond donors (Lipinski definition) is 0. The summed E-state index contributed by atoms with van der Waals surface area (Å²) in [6.07, 6.45) is 0.223. The maximum Gasteiger partial charge on any atom is 0.332 e. The van der Waals surface area contributed by atoms with Gasteiger partial charge in [-0.05, 0) is 34.1 Å². The number of methoxy groups -OCH3 is 1. The number of carbonyl (C=O) groups excluding carboxylic acids is 1. The summed E-state index contributed by atoms with van der Waals surface area (Å²) in [5, 5.41) is 9.26. The molecule has 1 saturated carbocycles. The van der Waals surface area contributed by atoms with Gasteiger partial charge in [-0.2, -0.15) is 4.98 Å². The lowest BCUT2D eigenvalue weighted by Crippen LogP contribution is -2.33. The molecular weight excluding hydrogens is 450 g/mol. The lowest BCUT2D eigenvalue weighted by molar-refractivity contribution is -0.175. The maximum absolute atomic E-state index is 12.0. The second kappa shape index (κ2) is 9.69. The molecule has 3 heterocycles. The van der Waals surface area contributed by atoms with Gasteiger partial charge in [0, 0.05) is 12.2 Å². The van der Waals surface area contributed by atoms with Crippen LogP contribution in [0.3, 0.4) is 0 Å². The highest BCUT2D eigenvalue weighted by molar-refractivity contribution is 7.99. The average molecular weight is 482 g/mol. The summed E-state index contributed by atoms with van der Waals surface area (Å²) < 4.78 is 30.7. The van der Waals surface area contributed by atoms with E-state index in [4.69, 9.17) is 28.7 Å². The molecule has 1 aliphatic heterocycles. The molecule has 4 atom stereocenters. The van der Waals surface area contributed by atoms with E-state index in [9.17, 15) is 4.79 Å². The third-order valence-corrected chi connectivity index (χ3v) is 6.43. The van der Waals surface area contributed by atoms with E-state index in [2.05, 4.69) is 22.2 Å². The van der Waals surface area contributed by atoms with Gasteiger partial charge in [-0.3, -0.25) is 0 Å². The number of fused-ring (bicyclic) bond motifs is 2. The van der Waals surface area contributed by atoms with Gasteiger partial charge in [0.25, 0.3) is 0 Å². The van der Waals surface area contributed by atoms with E-state index in [-0.39, 0.29) is 37.1 Å². The number of nitrogens with zero attached hydrogens (tertiary/aromatic N) is 5. The molecule has 0 aromatic carbocycles. The number of thioether (sulfide) groups is 1. The lowest BCUT2D eigenvalue weighted by atomic mass is 10.2. The molecule has 182 valence electrons. The fourth-order valence-electron chi connectivity index (χ4n) is 4.19. The molecular formula is C21H31N5O6S. The van der Waals surface area contributed by atoms with E-state index in [0.29, 0.717) is 28.6 Å². The summed E-state index contributed by atoms with van der Waals surface area (Å²) in [4.78, 5) is 21.2. The van der Waals surface area contributed by atoms with Gasteiger partial charge in [0.2, 0.25) is 5.88 Å². The minimum atomic E-state index is -0.792. The summed E-state index contributed by atoms with van der Waals surface area (Å²) in [6.45, 7) is 9.26. The molecule has 0 amide bonds. The van der Waals surface area contributed by atoms with Crippen molar-refractivity contribution in [2.24, 2.45) is 0 Å². The molecule has 2 aliphatic rings. The molecule has 1 saturated heterocycles. The molecule has 0 radical (unpaired) electrons. The molecule has 1 aliphatic carbocycles. The molecule has 12 heteroatoms. The highest BCUT2D eigenvalue weighted by Crippen LogP contribution is 2.45. The Morgan fingerprint density at radius 3 is 2.73 bits per heavy atom. The van der Waals surface area contributed by atoms with Gasteiger partial charge in [0.05, 0.1) is 25.4 Å². The number of aromatic nitrogens is 5. The first-order valence-electron chi connectivity index (χ1n) is 11.2. The van der Waals surface area contributed by atoms with E-state index in [0.717, 1.165) is 12.2 Å². The Balaban J connectivity index is 1.62. The highest BCUT2D eigenvalue weighted by atomic mass is 32.2. The smallest absolute Gasteiger partial charge is 0.332 e. The standard InChI is InChI=1S/C21H31N5O6S/c1-7-8-33-20-22-18-15(19(23-20)28-6)24-25-26(18)12-9-13(29-10-14(27)30-11(2)3)17-16(12)31-21(4,5)32-17/h11-13,16-17H,7-10H2,1-6H3/t12-,13+,16+,17-/m1/s1. The van der Waals surface area contributed by atoms with Crippen molar-refractivity contribution >= 4 is 28.9 Å². The Hall–Kier alpha value is -2.02. The average Bonchev–Trinajstić information content (AvgIpc) is 3.40. The number of hydrogen-bond acceptors (Lipinski definition) is 11. The predicted octanol–water partition coefficient (Wildman–Crippen LogP) is 2.53. The molecule has 0 unspecified atom stereocenters. The Morgan fingerprint density at radius 2 is 2.03 bits per heavy atom. The Bertz CT molecular complexity index is 999. The van der Waals surface area contributed by atoms with Gasteiger partial charge in [-0.15, -0.1) is 5.10 Å². The second-order valence-electron chi connectivity index (χ2n) is 8.83. The molecule has 2 aromatic rings. The molecule has 2 aromatic heterocycles. The second-order valence-corrected chi connectivity index (χ2v) is 9.89. The summed E-state index contributed by atoms with van der Waals surface area (Å²) in [6, 6.07) is -0.253. The zero-order valence-electron chi connectivity index (χ0n) is 19.8. The van der Waals surface area contributed by atoms with Crippen molar-refractivity contribution in [3.63, 3.8) is 0 Å². The first-order valence-corrected chi connectivity index (χ1v) is 12.2. The molecule has 11 nitrogen and oxygen atoms in total. The summed E-state index contributed by atoms with van der Waals surface area (Å²) in [7, 11) is 1.55. The minimum absolute atomic E-state index is 0.158.